The van der Waals surface area contributed by atoms with Crippen LogP contribution in [0.5, 0.6) is 0 Å². The van der Waals surface area contributed by atoms with E-state index in [0.29, 0.717) is 35.2 Å². The molecule has 1 aliphatic heterocycles. The number of aliphatic carboxylic acids is 1. The molecule has 5 rings (SSSR count). The number of fused-ring (bicyclic) bond motifs is 2. The Bertz CT molecular complexity index is 1780. The molecule has 0 radical (unpaired) electrons. The summed E-state index contributed by atoms with van der Waals surface area (Å²) in [5, 5.41) is 12.7. The van der Waals surface area contributed by atoms with Gasteiger partial charge in [-0.05, 0) is 53.9 Å². The van der Waals surface area contributed by atoms with Crippen LogP contribution in [-0.2, 0) is 34.0 Å². The first-order valence-corrected chi connectivity index (χ1v) is 14.7. The van der Waals surface area contributed by atoms with Gasteiger partial charge in [0.25, 0.3) is 11.8 Å². The van der Waals surface area contributed by atoms with Gasteiger partial charge in [0.2, 0.25) is 14.9 Å². The molecular formula is C27H22Cl2N2O8S. The first-order valence-electron chi connectivity index (χ1n) is 12.0. The number of hydrogen-bond acceptors (Lipinski definition) is 7. The van der Waals surface area contributed by atoms with Crippen molar-refractivity contribution in [3.8, 4) is 0 Å². The highest BCUT2D eigenvalue weighted by Crippen LogP contribution is 2.35. The lowest BCUT2D eigenvalue weighted by molar-refractivity contribution is -0.139. The molecule has 0 bridgehead atoms. The number of halogens is 2. The third-order valence-electron chi connectivity index (χ3n) is 6.63. The maximum atomic E-state index is 13.2. The van der Waals surface area contributed by atoms with Gasteiger partial charge in [0.05, 0.1) is 21.9 Å². The molecule has 13 heteroatoms. The molecular weight excluding hydrogens is 583 g/mol. The van der Waals surface area contributed by atoms with Crippen LogP contribution in [0, 0.1) is 0 Å². The Morgan fingerprint density at radius 1 is 1.12 bits per heavy atom. The first-order chi connectivity index (χ1) is 18.9. The van der Waals surface area contributed by atoms with E-state index < -0.39 is 27.8 Å². The summed E-state index contributed by atoms with van der Waals surface area (Å²) in [7, 11) is -3.62. The molecule has 10 nitrogen and oxygen atoms in total. The molecule has 0 saturated carbocycles. The van der Waals surface area contributed by atoms with E-state index in [1.165, 1.54) is 12.1 Å². The lowest BCUT2D eigenvalue weighted by Gasteiger charge is -2.30. The zero-order valence-corrected chi connectivity index (χ0v) is 23.3. The number of nitrogens with one attached hydrogen (secondary N) is 1. The summed E-state index contributed by atoms with van der Waals surface area (Å²) in [5.41, 5.74) is 2.29. The molecule has 2 aromatic carbocycles. The lowest BCUT2D eigenvalue weighted by atomic mass is 9.95. The van der Waals surface area contributed by atoms with Crippen molar-refractivity contribution in [1.82, 2.24) is 10.2 Å². The zero-order valence-electron chi connectivity index (χ0n) is 20.9. The molecule has 3 heterocycles. The average Bonchev–Trinajstić information content (AvgIpc) is 3.56. The van der Waals surface area contributed by atoms with Crippen LogP contribution in [0.3, 0.4) is 0 Å². The number of amides is 2. The molecule has 0 aliphatic carbocycles. The summed E-state index contributed by atoms with van der Waals surface area (Å²) in [4.78, 5) is 39.8. The largest absolute Gasteiger partial charge is 0.480 e. The Kier molecular flexibility index (Phi) is 7.38. The minimum atomic E-state index is -3.62. The van der Waals surface area contributed by atoms with Gasteiger partial charge in [-0.3, -0.25) is 9.59 Å². The summed E-state index contributed by atoms with van der Waals surface area (Å²) in [5.74, 6) is -2.31. The molecule has 2 N–H and O–H groups in total. The van der Waals surface area contributed by atoms with Crippen LogP contribution >= 0.6 is 23.2 Å². The molecule has 2 amide bonds. The summed E-state index contributed by atoms with van der Waals surface area (Å²) in [6, 6.07) is 9.67. The van der Waals surface area contributed by atoms with Crippen molar-refractivity contribution in [2.75, 3.05) is 12.8 Å². The van der Waals surface area contributed by atoms with Crippen molar-refractivity contribution in [1.29, 1.82) is 0 Å². The van der Waals surface area contributed by atoms with Crippen LogP contribution in [0.15, 0.2) is 62.7 Å². The smallest absolute Gasteiger partial charge is 0.326 e. The van der Waals surface area contributed by atoms with E-state index in [-0.39, 0.29) is 45.3 Å². The molecule has 1 aliphatic rings. The SMILES string of the molecule is CS(=O)(=O)c1ccc(C[C@H](NC(=O)c2c(Cl)cc3c(c2Cl)CCN(C(=O)c2ccc4ccoc4c2)C3)C(=O)O)o1. The molecule has 4 aromatic rings. The fourth-order valence-electron chi connectivity index (χ4n) is 4.60. The van der Waals surface area contributed by atoms with E-state index in [9.17, 15) is 27.9 Å². The minimum Gasteiger partial charge on any atom is -0.480 e. The fourth-order valence-corrected chi connectivity index (χ4v) is 5.94. The summed E-state index contributed by atoms with van der Waals surface area (Å²) in [6.45, 7) is 0.550. The van der Waals surface area contributed by atoms with Crippen LogP contribution in [0.2, 0.25) is 10.0 Å². The number of nitrogens with zero attached hydrogens (tertiary/aromatic N) is 1. The van der Waals surface area contributed by atoms with Gasteiger partial charge in [0.1, 0.15) is 17.4 Å². The number of hydrogen-bond donors (Lipinski definition) is 2. The van der Waals surface area contributed by atoms with E-state index in [0.717, 1.165) is 11.6 Å². The van der Waals surface area contributed by atoms with Crippen molar-refractivity contribution < 1.29 is 36.7 Å². The number of furan rings is 2. The number of carbonyl (C=O) groups is 3. The second-order valence-electron chi connectivity index (χ2n) is 9.40. The minimum absolute atomic E-state index is 0.00551. The third-order valence-corrected chi connectivity index (χ3v) is 8.30. The topological polar surface area (TPSA) is 147 Å². The monoisotopic (exact) mass is 604 g/mol. The molecule has 40 heavy (non-hydrogen) atoms. The average molecular weight is 605 g/mol. The third kappa shape index (κ3) is 5.45. The Balaban J connectivity index is 1.34. The summed E-state index contributed by atoms with van der Waals surface area (Å²) in [6.07, 6.45) is 2.56. The quantitative estimate of drug-likeness (QED) is 0.316. The van der Waals surface area contributed by atoms with Crippen LogP contribution in [-0.4, -0.2) is 55.1 Å². The van der Waals surface area contributed by atoms with E-state index in [1.807, 2.05) is 12.1 Å². The fraction of sp³-hybridized carbons (Fsp3) is 0.222. The normalized spacial score (nSPS) is 14.1. The van der Waals surface area contributed by atoms with Crippen LogP contribution in [0.25, 0.3) is 11.0 Å². The van der Waals surface area contributed by atoms with Gasteiger partial charge in [0, 0.05) is 36.7 Å². The number of carbonyl (C=O) groups excluding carboxylic acids is 2. The van der Waals surface area contributed by atoms with Gasteiger partial charge in [-0.2, -0.15) is 0 Å². The van der Waals surface area contributed by atoms with Gasteiger partial charge in [0.15, 0.2) is 0 Å². The van der Waals surface area contributed by atoms with Gasteiger partial charge in [-0.1, -0.05) is 29.3 Å². The van der Waals surface area contributed by atoms with Gasteiger partial charge < -0.3 is 24.2 Å². The zero-order chi connectivity index (χ0) is 28.8. The number of carboxylic acids is 1. The van der Waals surface area contributed by atoms with Crippen molar-refractivity contribution in [3.05, 3.63) is 86.8 Å². The molecule has 0 unspecified atom stereocenters. The highest BCUT2D eigenvalue weighted by atomic mass is 35.5. The van der Waals surface area contributed by atoms with E-state index in [1.54, 1.807) is 29.4 Å². The van der Waals surface area contributed by atoms with Crippen LogP contribution in [0.1, 0.15) is 37.6 Å². The number of sulfone groups is 1. The summed E-state index contributed by atoms with van der Waals surface area (Å²) < 4.78 is 33.9. The Morgan fingerprint density at radius 2 is 1.90 bits per heavy atom. The maximum Gasteiger partial charge on any atom is 0.326 e. The standard InChI is InChI=1S/C27H22Cl2N2O8S/c1-40(36,37)22-5-4-17(39-22)12-20(27(34)35)30-25(32)23-19(28)10-16-13-31(8-6-18(16)24(23)29)26(33)15-3-2-14-7-9-38-21(14)11-15/h2-5,7,9-11,20H,6,8,12-13H2,1H3,(H,30,32)(H,34,35)/t20-/m0/s1. The highest BCUT2D eigenvalue weighted by molar-refractivity contribution is 7.90. The van der Waals surface area contributed by atoms with E-state index in [2.05, 4.69) is 5.32 Å². The van der Waals surface area contributed by atoms with Gasteiger partial charge in [-0.15, -0.1) is 0 Å². The molecule has 208 valence electrons. The Labute approximate surface area is 238 Å². The van der Waals surface area contributed by atoms with Crippen molar-refractivity contribution in [2.45, 2.75) is 30.5 Å². The molecule has 0 saturated heterocycles. The molecule has 0 spiro atoms. The number of carboxylic acid groups (broad SMARTS) is 1. The molecule has 1 atom stereocenters. The first kappa shape index (κ1) is 27.8. The van der Waals surface area contributed by atoms with Crippen molar-refractivity contribution in [3.63, 3.8) is 0 Å². The second-order valence-corrected chi connectivity index (χ2v) is 12.1. The van der Waals surface area contributed by atoms with E-state index in [4.69, 9.17) is 32.0 Å². The molecule has 2 aromatic heterocycles. The van der Waals surface area contributed by atoms with Crippen LogP contribution < -0.4 is 5.32 Å². The Hall–Kier alpha value is -3.80. The van der Waals surface area contributed by atoms with Crippen molar-refractivity contribution >= 4 is 61.8 Å². The van der Waals surface area contributed by atoms with Gasteiger partial charge in [-0.25, -0.2) is 13.2 Å². The summed E-state index contributed by atoms with van der Waals surface area (Å²) >= 11 is 13.0. The predicted octanol–water partition coefficient (Wildman–Crippen LogP) is 4.36. The number of benzene rings is 2. The van der Waals surface area contributed by atoms with Crippen LogP contribution in [0.4, 0.5) is 0 Å². The highest BCUT2D eigenvalue weighted by Gasteiger charge is 2.30. The number of rotatable bonds is 7. The lowest BCUT2D eigenvalue weighted by Crippen LogP contribution is -2.42. The Morgan fingerprint density at radius 3 is 2.60 bits per heavy atom. The van der Waals surface area contributed by atoms with Gasteiger partial charge >= 0.3 is 5.97 Å². The van der Waals surface area contributed by atoms with E-state index >= 15 is 0 Å². The maximum absolute atomic E-state index is 13.2. The second kappa shape index (κ2) is 10.6. The molecule has 0 fully saturated rings. The predicted molar refractivity (Wildman–Crippen MR) is 146 cm³/mol. The van der Waals surface area contributed by atoms with Crippen molar-refractivity contribution in [2.24, 2.45) is 0 Å².